The highest BCUT2D eigenvalue weighted by atomic mass is 32.2. The maximum absolute atomic E-state index is 4.45. The van der Waals surface area contributed by atoms with E-state index in [1.165, 1.54) is 56.2 Å². The van der Waals surface area contributed by atoms with Crippen LogP contribution in [-0.2, 0) is 0 Å². The molecule has 4 heteroatoms. The van der Waals surface area contributed by atoms with E-state index in [2.05, 4.69) is 15.2 Å². The van der Waals surface area contributed by atoms with Gasteiger partial charge in [0.1, 0.15) is 0 Å². The van der Waals surface area contributed by atoms with E-state index in [0.29, 0.717) is 0 Å². The SMILES string of the molecule is C1CN=C(SCCCN2CCCC2)NC1. The Morgan fingerprint density at radius 1 is 1.27 bits per heavy atom. The molecule has 0 aromatic carbocycles. The van der Waals surface area contributed by atoms with Crippen LogP contribution < -0.4 is 5.32 Å². The molecular weight excluding hydrogens is 206 g/mol. The summed E-state index contributed by atoms with van der Waals surface area (Å²) in [5, 5.41) is 4.52. The number of amidine groups is 1. The van der Waals surface area contributed by atoms with Crippen molar-refractivity contribution in [3.63, 3.8) is 0 Å². The molecule has 1 saturated heterocycles. The van der Waals surface area contributed by atoms with Crippen molar-refractivity contribution in [2.24, 2.45) is 4.99 Å². The molecule has 2 aliphatic heterocycles. The molecule has 0 radical (unpaired) electrons. The lowest BCUT2D eigenvalue weighted by Crippen LogP contribution is -2.27. The molecule has 2 rings (SSSR count). The summed E-state index contributed by atoms with van der Waals surface area (Å²) in [4.78, 5) is 7.03. The van der Waals surface area contributed by atoms with Crippen LogP contribution in [0.3, 0.4) is 0 Å². The van der Waals surface area contributed by atoms with E-state index in [4.69, 9.17) is 0 Å². The average Bonchev–Trinajstić information content (AvgIpc) is 2.79. The predicted octanol–water partition coefficient (Wildman–Crippen LogP) is 1.55. The zero-order valence-corrected chi connectivity index (χ0v) is 10.2. The molecular formula is C11H21N3S. The first-order valence-corrected chi connectivity index (χ1v) is 7.07. The molecule has 0 spiro atoms. The lowest BCUT2D eigenvalue weighted by Gasteiger charge is -2.16. The van der Waals surface area contributed by atoms with Gasteiger partial charge in [-0.2, -0.15) is 0 Å². The summed E-state index contributed by atoms with van der Waals surface area (Å²) < 4.78 is 0. The molecule has 0 aromatic heterocycles. The Hall–Kier alpha value is -0.220. The molecule has 0 atom stereocenters. The second-order valence-corrected chi connectivity index (χ2v) is 5.30. The van der Waals surface area contributed by atoms with Crippen LogP contribution in [0.2, 0.25) is 0 Å². The van der Waals surface area contributed by atoms with Gasteiger partial charge in [-0.15, -0.1) is 0 Å². The average molecular weight is 227 g/mol. The van der Waals surface area contributed by atoms with E-state index in [1.54, 1.807) is 0 Å². The Balaban J connectivity index is 1.52. The summed E-state index contributed by atoms with van der Waals surface area (Å²) in [6.45, 7) is 6.05. The van der Waals surface area contributed by atoms with E-state index < -0.39 is 0 Å². The Morgan fingerprint density at radius 3 is 2.87 bits per heavy atom. The van der Waals surface area contributed by atoms with Gasteiger partial charge in [0.15, 0.2) is 5.17 Å². The van der Waals surface area contributed by atoms with Crippen LogP contribution in [0.25, 0.3) is 0 Å². The van der Waals surface area contributed by atoms with Crippen molar-refractivity contribution in [1.82, 2.24) is 10.2 Å². The van der Waals surface area contributed by atoms with E-state index in [-0.39, 0.29) is 0 Å². The molecule has 0 unspecified atom stereocenters. The highest BCUT2D eigenvalue weighted by molar-refractivity contribution is 8.13. The number of hydrogen-bond acceptors (Lipinski definition) is 4. The molecule has 0 aliphatic carbocycles. The molecule has 1 N–H and O–H groups in total. The zero-order valence-electron chi connectivity index (χ0n) is 9.37. The number of aliphatic imine (C=N–C) groups is 1. The Labute approximate surface area is 96.7 Å². The predicted molar refractivity (Wildman–Crippen MR) is 67.7 cm³/mol. The summed E-state index contributed by atoms with van der Waals surface area (Å²) >= 11 is 1.89. The van der Waals surface area contributed by atoms with Crippen molar-refractivity contribution >= 4 is 16.9 Å². The van der Waals surface area contributed by atoms with Gasteiger partial charge in [-0.05, 0) is 45.3 Å². The second-order valence-electron chi connectivity index (χ2n) is 4.22. The van der Waals surface area contributed by atoms with Crippen LogP contribution in [0.5, 0.6) is 0 Å². The molecule has 1 fully saturated rings. The fourth-order valence-electron chi connectivity index (χ4n) is 2.07. The summed E-state index contributed by atoms with van der Waals surface area (Å²) in [5.41, 5.74) is 0. The summed E-state index contributed by atoms with van der Waals surface area (Å²) in [6, 6.07) is 0. The van der Waals surface area contributed by atoms with Crippen molar-refractivity contribution < 1.29 is 0 Å². The van der Waals surface area contributed by atoms with Gasteiger partial charge in [0.2, 0.25) is 0 Å². The van der Waals surface area contributed by atoms with Gasteiger partial charge in [-0.25, -0.2) is 0 Å². The van der Waals surface area contributed by atoms with Gasteiger partial charge < -0.3 is 10.2 Å². The highest BCUT2D eigenvalue weighted by Gasteiger charge is 2.10. The molecule has 0 saturated carbocycles. The van der Waals surface area contributed by atoms with Crippen LogP contribution in [0.1, 0.15) is 25.7 Å². The van der Waals surface area contributed by atoms with Crippen molar-refractivity contribution in [3.05, 3.63) is 0 Å². The minimum absolute atomic E-state index is 1.02. The van der Waals surface area contributed by atoms with Gasteiger partial charge in [0, 0.05) is 18.8 Å². The van der Waals surface area contributed by atoms with E-state index in [9.17, 15) is 0 Å². The van der Waals surface area contributed by atoms with Gasteiger partial charge in [-0.3, -0.25) is 4.99 Å². The number of rotatable bonds is 4. The number of thioether (sulfide) groups is 1. The largest absolute Gasteiger partial charge is 0.365 e. The number of likely N-dealkylation sites (tertiary alicyclic amines) is 1. The van der Waals surface area contributed by atoms with E-state index in [0.717, 1.165) is 13.1 Å². The minimum atomic E-state index is 1.02. The van der Waals surface area contributed by atoms with E-state index >= 15 is 0 Å². The third-order valence-electron chi connectivity index (χ3n) is 2.92. The molecule has 2 heterocycles. The van der Waals surface area contributed by atoms with E-state index in [1.807, 2.05) is 11.8 Å². The topological polar surface area (TPSA) is 27.6 Å². The third-order valence-corrected chi connectivity index (χ3v) is 3.96. The van der Waals surface area contributed by atoms with Crippen LogP contribution >= 0.6 is 11.8 Å². The first-order chi connectivity index (χ1) is 7.45. The van der Waals surface area contributed by atoms with Gasteiger partial charge >= 0.3 is 0 Å². The summed E-state index contributed by atoms with van der Waals surface area (Å²) in [6.07, 6.45) is 5.30. The second kappa shape index (κ2) is 6.38. The Kier molecular flexibility index (Phi) is 4.79. The van der Waals surface area contributed by atoms with Gasteiger partial charge in [0.25, 0.3) is 0 Å². The number of hydrogen-bond donors (Lipinski definition) is 1. The highest BCUT2D eigenvalue weighted by Crippen LogP contribution is 2.11. The van der Waals surface area contributed by atoms with Crippen molar-refractivity contribution in [2.75, 3.05) is 38.5 Å². The van der Waals surface area contributed by atoms with Crippen molar-refractivity contribution in [1.29, 1.82) is 0 Å². The van der Waals surface area contributed by atoms with Crippen LogP contribution in [0, 0.1) is 0 Å². The number of nitrogens with zero attached hydrogens (tertiary/aromatic N) is 2. The van der Waals surface area contributed by atoms with Crippen LogP contribution in [-0.4, -0.2) is 48.5 Å². The molecule has 2 aliphatic rings. The Bertz CT molecular complexity index is 212. The Morgan fingerprint density at radius 2 is 2.13 bits per heavy atom. The molecule has 0 bridgehead atoms. The first-order valence-electron chi connectivity index (χ1n) is 6.08. The maximum Gasteiger partial charge on any atom is 0.156 e. The lowest BCUT2D eigenvalue weighted by molar-refractivity contribution is 0.341. The van der Waals surface area contributed by atoms with Crippen LogP contribution in [0.4, 0.5) is 0 Å². The third kappa shape index (κ3) is 4.03. The van der Waals surface area contributed by atoms with Crippen LogP contribution in [0.15, 0.2) is 4.99 Å². The normalized spacial score (nSPS) is 22.5. The lowest BCUT2D eigenvalue weighted by atomic mass is 10.4. The minimum Gasteiger partial charge on any atom is -0.365 e. The molecule has 0 aromatic rings. The fraction of sp³-hybridized carbons (Fsp3) is 0.909. The maximum atomic E-state index is 4.45. The molecule has 15 heavy (non-hydrogen) atoms. The molecule has 3 nitrogen and oxygen atoms in total. The fourth-order valence-corrected chi connectivity index (χ4v) is 2.92. The first kappa shape index (κ1) is 11.3. The summed E-state index contributed by atoms with van der Waals surface area (Å²) in [7, 11) is 0. The van der Waals surface area contributed by atoms with Crippen molar-refractivity contribution in [2.45, 2.75) is 25.7 Å². The van der Waals surface area contributed by atoms with Gasteiger partial charge in [-0.1, -0.05) is 11.8 Å². The molecule has 86 valence electrons. The quantitative estimate of drug-likeness (QED) is 0.739. The van der Waals surface area contributed by atoms with Crippen molar-refractivity contribution in [3.8, 4) is 0 Å². The summed E-state index contributed by atoms with van der Waals surface area (Å²) in [5.74, 6) is 1.21. The number of nitrogens with one attached hydrogen (secondary N) is 1. The smallest absolute Gasteiger partial charge is 0.156 e. The standard InChI is InChI=1S/C11H21N3S/c1-2-8-14(7-1)9-4-10-15-11-12-5-3-6-13-11/h1-10H2,(H,12,13). The zero-order chi connectivity index (χ0) is 10.3. The van der Waals surface area contributed by atoms with Gasteiger partial charge in [0.05, 0.1) is 0 Å². The monoisotopic (exact) mass is 227 g/mol. The molecule has 0 amide bonds.